The first kappa shape index (κ1) is 20.5. The van der Waals surface area contributed by atoms with Gasteiger partial charge in [-0.2, -0.15) is 0 Å². The number of rotatable bonds is 5. The van der Waals surface area contributed by atoms with E-state index in [1.807, 2.05) is 60.7 Å². The van der Waals surface area contributed by atoms with E-state index in [4.69, 9.17) is 4.74 Å². The summed E-state index contributed by atoms with van der Waals surface area (Å²) in [5.74, 6) is -0.0310. The third-order valence-corrected chi connectivity index (χ3v) is 5.43. The second kappa shape index (κ2) is 8.97. The number of nitrogens with zero attached hydrogens (tertiary/aromatic N) is 2. The van der Waals surface area contributed by atoms with Crippen molar-refractivity contribution in [2.24, 2.45) is 4.99 Å². The second-order valence-electron chi connectivity index (χ2n) is 7.73. The molecule has 1 aliphatic rings. The van der Waals surface area contributed by atoms with Crippen molar-refractivity contribution < 1.29 is 9.53 Å². The second-order valence-corrected chi connectivity index (χ2v) is 7.73. The molecular formula is C29H22N2O2. The zero-order valence-corrected chi connectivity index (χ0v) is 18.2. The molecule has 4 aromatic rings. The zero-order valence-electron chi connectivity index (χ0n) is 18.2. The number of hydrogen-bond donors (Lipinski definition) is 0. The molecule has 5 rings (SSSR count). The Hall–Kier alpha value is -4.44. The van der Waals surface area contributed by atoms with Gasteiger partial charge in [0.05, 0.1) is 0 Å². The van der Waals surface area contributed by atoms with E-state index in [2.05, 4.69) is 58.4 Å². The van der Waals surface area contributed by atoms with Crippen LogP contribution in [0.15, 0.2) is 120 Å². The standard InChI is InChI=1S/C29H22N2O2/c1-21-30-28(29(32)33-21)20-22-12-14-23(15-13-22)24-16-18-27(19-17-24)31(25-8-4-2-5-9-25)26-10-6-3-7-11-26/h2-20H,1H3/b28-20-. The summed E-state index contributed by atoms with van der Waals surface area (Å²) >= 11 is 0. The van der Waals surface area contributed by atoms with Gasteiger partial charge in [0.1, 0.15) is 0 Å². The molecule has 4 nitrogen and oxygen atoms in total. The summed E-state index contributed by atoms with van der Waals surface area (Å²) in [7, 11) is 0. The molecule has 4 aromatic carbocycles. The Bertz CT molecular complexity index is 1280. The van der Waals surface area contributed by atoms with Crippen molar-refractivity contribution in [1.29, 1.82) is 0 Å². The molecule has 1 aliphatic heterocycles. The predicted octanol–water partition coefficient (Wildman–Crippen LogP) is 7.14. The van der Waals surface area contributed by atoms with Crippen LogP contribution >= 0.6 is 0 Å². The lowest BCUT2D eigenvalue weighted by Gasteiger charge is -2.25. The van der Waals surface area contributed by atoms with Crippen LogP contribution in [-0.2, 0) is 9.53 Å². The fraction of sp³-hybridized carbons (Fsp3) is 0.0345. The maximum atomic E-state index is 11.8. The van der Waals surface area contributed by atoms with Gasteiger partial charge in [-0.3, -0.25) is 0 Å². The Labute approximate surface area is 193 Å². The minimum absolute atomic E-state index is 0.325. The van der Waals surface area contributed by atoms with E-state index in [1.165, 1.54) is 0 Å². The molecule has 0 aliphatic carbocycles. The lowest BCUT2D eigenvalue weighted by molar-refractivity contribution is -0.130. The van der Waals surface area contributed by atoms with Crippen LogP contribution in [0.3, 0.4) is 0 Å². The molecule has 33 heavy (non-hydrogen) atoms. The molecule has 1 heterocycles. The van der Waals surface area contributed by atoms with Gasteiger partial charge in [0.15, 0.2) is 11.6 Å². The molecular weight excluding hydrogens is 408 g/mol. The molecule has 0 bridgehead atoms. The molecule has 0 saturated heterocycles. The molecule has 0 N–H and O–H groups in total. The maximum absolute atomic E-state index is 11.8. The van der Waals surface area contributed by atoms with Gasteiger partial charge < -0.3 is 9.64 Å². The third kappa shape index (κ3) is 4.46. The van der Waals surface area contributed by atoms with E-state index >= 15 is 0 Å². The van der Waals surface area contributed by atoms with Crippen LogP contribution in [0.1, 0.15) is 12.5 Å². The normalized spacial score (nSPS) is 14.2. The first-order valence-electron chi connectivity index (χ1n) is 10.8. The Morgan fingerprint density at radius 2 is 1.15 bits per heavy atom. The SMILES string of the molecule is CC1=N/C(=C\c2ccc(-c3ccc(N(c4ccccc4)c4ccccc4)cc3)cc2)C(=O)O1. The van der Waals surface area contributed by atoms with Gasteiger partial charge in [-0.1, -0.05) is 72.8 Å². The summed E-state index contributed by atoms with van der Waals surface area (Å²) in [4.78, 5) is 18.1. The topological polar surface area (TPSA) is 41.9 Å². The van der Waals surface area contributed by atoms with E-state index in [9.17, 15) is 4.79 Å². The van der Waals surface area contributed by atoms with Crippen molar-refractivity contribution in [3.63, 3.8) is 0 Å². The van der Waals surface area contributed by atoms with Crippen molar-refractivity contribution >= 4 is 35.0 Å². The number of anilines is 3. The number of carbonyl (C=O) groups is 1. The summed E-state index contributed by atoms with van der Waals surface area (Å²) in [6, 6.07) is 37.3. The van der Waals surface area contributed by atoms with Crippen molar-refractivity contribution in [2.75, 3.05) is 4.90 Å². The molecule has 0 atom stereocenters. The van der Waals surface area contributed by atoms with Crippen LogP contribution in [0.25, 0.3) is 17.2 Å². The predicted molar refractivity (Wildman–Crippen MR) is 134 cm³/mol. The van der Waals surface area contributed by atoms with E-state index < -0.39 is 5.97 Å². The van der Waals surface area contributed by atoms with Crippen LogP contribution in [0.5, 0.6) is 0 Å². The summed E-state index contributed by atoms with van der Waals surface area (Å²) in [6.45, 7) is 1.67. The van der Waals surface area contributed by atoms with Crippen molar-refractivity contribution in [2.45, 2.75) is 6.92 Å². The molecule has 0 fully saturated rings. The highest BCUT2D eigenvalue weighted by atomic mass is 16.6. The quantitative estimate of drug-likeness (QED) is 0.250. The fourth-order valence-electron chi connectivity index (χ4n) is 3.85. The Kier molecular flexibility index (Phi) is 5.56. The molecule has 0 radical (unpaired) electrons. The lowest BCUT2D eigenvalue weighted by atomic mass is 10.0. The molecule has 0 spiro atoms. The van der Waals surface area contributed by atoms with Crippen LogP contribution in [0, 0.1) is 0 Å². The van der Waals surface area contributed by atoms with Gasteiger partial charge in [-0.25, -0.2) is 9.79 Å². The first-order chi connectivity index (χ1) is 16.2. The average Bonchev–Trinajstić information content (AvgIpc) is 3.18. The lowest BCUT2D eigenvalue weighted by Crippen LogP contribution is -2.09. The van der Waals surface area contributed by atoms with Crippen molar-refractivity contribution in [1.82, 2.24) is 0 Å². The smallest absolute Gasteiger partial charge is 0.363 e. The van der Waals surface area contributed by atoms with Crippen LogP contribution < -0.4 is 4.90 Å². The first-order valence-corrected chi connectivity index (χ1v) is 10.8. The number of para-hydroxylation sites is 2. The van der Waals surface area contributed by atoms with Crippen LogP contribution in [-0.4, -0.2) is 11.9 Å². The van der Waals surface area contributed by atoms with E-state index in [1.54, 1.807) is 13.0 Å². The number of benzene rings is 4. The number of esters is 1. The van der Waals surface area contributed by atoms with Gasteiger partial charge >= 0.3 is 5.97 Å². The molecule has 0 saturated carbocycles. The molecule has 160 valence electrons. The summed E-state index contributed by atoms with van der Waals surface area (Å²) < 4.78 is 4.97. The van der Waals surface area contributed by atoms with Gasteiger partial charge in [0.25, 0.3) is 0 Å². The summed E-state index contributed by atoms with van der Waals surface area (Å²) in [5.41, 5.74) is 6.75. The largest absolute Gasteiger partial charge is 0.407 e. The van der Waals surface area contributed by atoms with Gasteiger partial charge in [0, 0.05) is 24.0 Å². The molecule has 0 aromatic heterocycles. The Morgan fingerprint density at radius 3 is 1.64 bits per heavy atom. The summed E-state index contributed by atoms with van der Waals surface area (Å²) in [6.07, 6.45) is 1.74. The van der Waals surface area contributed by atoms with E-state index in [-0.39, 0.29) is 0 Å². The highest BCUT2D eigenvalue weighted by Gasteiger charge is 2.19. The molecule has 0 unspecified atom stereocenters. The van der Waals surface area contributed by atoms with E-state index in [0.29, 0.717) is 11.6 Å². The zero-order chi connectivity index (χ0) is 22.6. The van der Waals surface area contributed by atoms with Gasteiger partial charge in [-0.15, -0.1) is 0 Å². The van der Waals surface area contributed by atoms with Crippen LogP contribution in [0.2, 0.25) is 0 Å². The monoisotopic (exact) mass is 430 g/mol. The highest BCUT2D eigenvalue weighted by Crippen LogP contribution is 2.35. The number of hydrogen-bond acceptors (Lipinski definition) is 4. The average molecular weight is 431 g/mol. The number of aliphatic imine (C=N–C) groups is 1. The Balaban J connectivity index is 1.42. The number of ether oxygens (including phenoxy) is 1. The number of carbonyl (C=O) groups excluding carboxylic acids is 1. The van der Waals surface area contributed by atoms with Crippen molar-refractivity contribution in [3.8, 4) is 11.1 Å². The van der Waals surface area contributed by atoms with Crippen molar-refractivity contribution in [3.05, 3.63) is 120 Å². The Morgan fingerprint density at radius 1 is 0.667 bits per heavy atom. The minimum Gasteiger partial charge on any atom is -0.407 e. The van der Waals surface area contributed by atoms with Gasteiger partial charge in [0.2, 0.25) is 0 Å². The minimum atomic E-state index is -0.409. The third-order valence-electron chi connectivity index (χ3n) is 5.43. The molecule has 0 amide bonds. The fourth-order valence-corrected chi connectivity index (χ4v) is 3.85. The maximum Gasteiger partial charge on any atom is 0.363 e. The van der Waals surface area contributed by atoms with E-state index in [0.717, 1.165) is 33.8 Å². The van der Waals surface area contributed by atoms with Gasteiger partial charge in [-0.05, 0) is 59.2 Å². The molecule has 4 heteroatoms. The number of cyclic esters (lactones) is 1. The highest BCUT2D eigenvalue weighted by molar-refractivity contribution is 6.06. The van der Waals surface area contributed by atoms with Crippen LogP contribution in [0.4, 0.5) is 17.1 Å². The summed E-state index contributed by atoms with van der Waals surface area (Å²) in [5, 5.41) is 0.